The van der Waals surface area contributed by atoms with Gasteiger partial charge < -0.3 is 29.6 Å². The average Bonchev–Trinajstić information content (AvgIpc) is 3.70. The molecule has 4 rings (SSSR count). The molecular weight excluding hydrogens is 565 g/mol. The summed E-state index contributed by atoms with van der Waals surface area (Å²) in [6.07, 6.45) is 7.19. The van der Waals surface area contributed by atoms with Crippen molar-refractivity contribution in [2.45, 2.75) is 107 Å². The predicted octanol–water partition coefficient (Wildman–Crippen LogP) is 3.16. The number of hydrogen-bond acceptors (Lipinski definition) is 7. The Morgan fingerprint density at radius 1 is 1.14 bits per heavy atom. The minimum absolute atomic E-state index is 0.00321. The Labute approximate surface area is 222 Å². The Kier molecular flexibility index (Phi) is 8.67. The van der Waals surface area contributed by atoms with Crippen molar-refractivity contribution in [3.8, 4) is 0 Å². The molecule has 2 saturated heterocycles. The van der Waals surface area contributed by atoms with Gasteiger partial charge in [-0.1, -0.05) is 11.6 Å². The van der Waals surface area contributed by atoms with Gasteiger partial charge in [0, 0.05) is 60.8 Å². The highest BCUT2D eigenvalue weighted by molar-refractivity contribution is 14.1. The SMILES string of the molecule is COC1CC(OC(=O)NC2CCC(NC(=O)CNI)CC2)C[C@]2(CO2)C1[C@@]1(C)O[C@@H]1CC=C(C)C. The number of alkyl carbamates (subject to hydrolysis) is 1. The van der Waals surface area contributed by atoms with E-state index in [0.29, 0.717) is 26.0 Å². The van der Waals surface area contributed by atoms with E-state index >= 15 is 0 Å². The number of rotatable bonds is 9. The average molecular weight is 606 g/mol. The van der Waals surface area contributed by atoms with Crippen LogP contribution in [0.2, 0.25) is 0 Å². The highest BCUT2D eigenvalue weighted by Gasteiger charge is 2.71. The predicted molar refractivity (Wildman–Crippen MR) is 139 cm³/mol. The molecule has 0 aromatic heterocycles. The molecule has 4 aliphatic rings. The summed E-state index contributed by atoms with van der Waals surface area (Å²) < 4.78 is 26.8. The second kappa shape index (κ2) is 11.2. The van der Waals surface area contributed by atoms with Gasteiger partial charge in [0.15, 0.2) is 0 Å². The molecule has 4 fully saturated rings. The molecular formula is C25H40IN3O6. The van der Waals surface area contributed by atoms with E-state index in [0.717, 1.165) is 32.1 Å². The third-order valence-corrected chi connectivity index (χ3v) is 8.46. The molecule has 0 radical (unpaired) electrons. The Hall–Kier alpha value is -0.950. The number of hydrogen-bond donors (Lipinski definition) is 3. The maximum absolute atomic E-state index is 12.7. The number of amides is 2. The van der Waals surface area contributed by atoms with E-state index in [1.165, 1.54) is 5.57 Å². The maximum Gasteiger partial charge on any atom is 0.407 e. The van der Waals surface area contributed by atoms with Gasteiger partial charge in [0.05, 0.1) is 25.4 Å². The molecule has 3 unspecified atom stereocenters. The second-order valence-electron chi connectivity index (χ2n) is 11.0. The number of ether oxygens (including phenoxy) is 4. The topological polar surface area (TPSA) is 114 Å². The van der Waals surface area contributed by atoms with Crippen LogP contribution < -0.4 is 14.2 Å². The molecule has 1 spiro atoms. The molecule has 0 bridgehead atoms. The molecule has 6 atom stereocenters. The summed E-state index contributed by atoms with van der Waals surface area (Å²) in [6.45, 7) is 7.33. The van der Waals surface area contributed by atoms with E-state index in [-0.39, 0.29) is 59.5 Å². The van der Waals surface area contributed by atoms with Gasteiger partial charge in [-0.2, -0.15) is 0 Å². The molecule has 2 saturated carbocycles. The van der Waals surface area contributed by atoms with Crippen LogP contribution in [-0.4, -0.2) is 73.9 Å². The van der Waals surface area contributed by atoms with Crippen molar-refractivity contribution in [2.75, 3.05) is 20.3 Å². The van der Waals surface area contributed by atoms with E-state index in [1.807, 2.05) is 22.9 Å². The van der Waals surface area contributed by atoms with Crippen molar-refractivity contribution in [1.82, 2.24) is 14.2 Å². The zero-order valence-corrected chi connectivity index (χ0v) is 23.4. The fraction of sp³-hybridized carbons (Fsp3) is 0.840. The fourth-order valence-corrected chi connectivity index (χ4v) is 6.52. The number of carbonyl (C=O) groups is 2. The van der Waals surface area contributed by atoms with Crippen molar-refractivity contribution < 1.29 is 28.5 Å². The third kappa shape index (κ3) is 6.49. The highest BCUT2D eigenvalue weighted by Crippen LogP contribution is 2.59. The molecule has 9 nitrogen and oxygen atoms in total. The minimum Gasteiger partial charge on any atom is -0.446 e. The van der Waals surface area contributed by atoms with Crippen LogP contribution in [0.25, 0.3) is 0 Å². The lowest BCUT2D eigenvalue weighted by atomic mass is 9.68. The van der Waals surface area contributed by atoms with Gasteiger partial charge in [-0.05, 0) is 52.9 Å². The van der Waals surface area contributed by atoms with E-state index in [2.05, 4.69) is 41.0 Å². The zero-order chi connectivity index (χ0) is 25.2. The first kappa shape index (κ1) is 27.1. The molecule has 2 heterocycles. The summed E-state index contributed by atoms with van der Waals surface area (Å²) in [6, 6.07) is 0.228. The number of halogens is 1. The monoisotopic (exact) mass is 605 g/mol. The Morgan fingerprint density at radius 3 is 2.37 bits per heavy atom. The maximum atomic E-state index is 12.7. The van der Waals surface area contributed by atoms with Gasteiger partial charge >= 0.3 is 6.09 Å². The van der Waals surface area contributed by atoms with Gasteiger partial charge in [-0.25, -0.2) is 4.79 Å². The lowest BCUT2D eigenvalue weighted by Gasteiger charge is -2.41. The second-order valence-corrected chi connectivity index (χ2v) is 11.7. The van der Waals surface area contributed by atoms with E-state index in [9.17, 15) is 9.59 Å². The van der Waals surface area contributed by atoms with Crippen LogP contribution in [0.3, 0.4) is 0 Å². The molecule has 3 N–H and O–H groups in total. The summed E-state index contributed by atoms with van der Waals surface area (Å²) in [4.78, 5) is 24.5. The largest absolute Gasteiger partial charge is 0.446 e. The van der Waals surface area contributed by atoms with E-state index < -0.39 is 0 Å². The fourth-order valence-electron chi connectivity index (χ4n) is 6.18. The quantitative estimate of drug-likeness (QED) is 0.160. The van der Waals surface area contributed by atoms with Crippen LogP contribution in [0.5, 0.6) is 0 Å². The minimum atomic E-state index is -0.379. The summed E-state index contributed by atoms with van der Waals surface area (Å²) in [5.41, 5.74) is 0.664. The number of epoxide rings is 2. The van der Waals surface area contributed by atoms with E-state index in [1.54, 1.807) is 7.11 Å². The van der Waals surface area contributed by atoms with Crippen LogP contribution in [0.15, 0.2) is 11.6 Å². The Bertz CT molecular complexity index is 809. The van der Waals surface area contributed by atoms with Crippen LogP contribution >= 0.6 is 22.9 Å². The first-order valence-corrected chi connectivity index (χ1v) is 13.8. The van der Waals surface area contributed by atoms with Crippen LogP contribution in [-0.2, 0) is 23.7 Å². The Morgan fingerprint density at radius 2 is 1.80 bits per heavy atom. The first-order chi connectivity index (χ1) is 16.7. The van der Waals surface area contributed by atoms with Gasteiger partial charge in [0.2, 0.25) is 5.91 Å². The standard InChI is InChI=1S/C25H40IN3O6/c1-15(2)5-10-20-24(3,35-20)22-19(32-4)11-18(12-25(22)14-33-25)34-23(31)29-17-8-6-16(7-9-17)28-21(30)13-27-26/h5,16-20,22,27H,6-14H2,1-4H3,(H,28,30)(H,29,31)/t16?,17?,18?,19?,20-,22?,24+,25+/m1/s1. The lowest BCUT2D eigenvalue weighted by Crippen LogP contribution is -2.53. The molecule has 0 aromatic rings. The smallest absolute Gasteiger partial charge is 0.407 e. The van der Waals surface area contributed by atoms with Crippen molar-refractivity contribution in [1.29, 1.82) is 0 Å². The normalized spacial score (nSPS) is 40.0. The summed E-state index contributed by atoms with van der Waals surface area (Å²) >= 11 is 1.96. The van der Waals surface area contributed by atoms with Crippen molar-refractivity contribution in [3.63, 3.8) is 0 Å². The van der Waals surface area contributed by atoms with Gasteiger partial charge in [-0.3, -0.25) is 8.32 Å². The zero-order valence-electron chi connectivity index (χ0n) is 21.2. The van der Waals surface area contributed by atoms with Crippen molar-refractivity contribution >= 4 is 34.9 Å². The number of nitrogens with one attached hydrogen (secondary N) is 3. The third-order valence-electron chi connectivity index (χ3n) is 8.08. The number of methoxy groups -OCH3 is 1. The first-order valence-electron chi connectivity index (χ1n) is 12.8. The van der Waals surface area contributed by atoms with Gasteiger partial charge in [0.1, 0.15) is 17.3 Å². The molecule has 0 aromatic carbocycles. The van der Waals surface area contributed by atoms with Crippen LogP contribution in [0.1, 0.15) is 65.7 Å². The summed E-state index contributed by atoms with van der Waals surface area (Å²) in [5.74, 6) is 0.120. The molecule has 198 valence electrons. The molecule has 10 heteroatoms. The molecule has 35 heavy (non-hydrogen) atoms. The lowest BCUT2D eigenvalue weighted by molar-refractivity contribution is -0.120. The van der Waals surface area contributed by atoms with Gasteiger partial charge in [-0.15, -0.1) is 0 Å². The highest BCUT2D eigenvalue weighted by atomic mass is 127. The van der Waals surface area contributed by atoms with Crippen LogP contribution in [0, 0.1) is 5.92 Å². The van der Waals surface area contributed by atoms with Crippen molar-refractivity contribution in [2.24, 2.45) is 5.92 Å². The van der Waals surface area contributed by atoms with Crippen LogP contribution in [0.4, 0.5) is 4.79 Å². The van der Waals surface area contributed by atoms with E-state index in [4.69, 9.17) is 18.9 Å². The number of allylic oxidation sites excluding steroid dienone is 1. The molecule has 2 aliphatic carbocycles. The van der Waals surface area contributed by atoms with Gasteiger partial charge in [0.25, 0.3) is 0 Å². The summed E-state index contributed by atoms with van der Waals surface area (Å²) in [5, 5.41) is 6.07. The Balaban J connectivity index is 1.26. The molecule has 2 amide bonds. The number of carbonyl (C=O) groups excluding carboxylic acids is 2. The van der Waals surface area contributed by atoms with Crippen molar-refractivity contribution in [3.05, 3.63) is 11.6 Å². The molecule has 2 aliphatic heterocycles. The summed E-state index contributed by atoms with van der Waals surface area (Å²) in [7, 11) is 1.72.